The topological polar surface area (TPSA) is 61.3 Å². The van der Waals surface area contributed by atoms with Gasteiger partial charge in [-0.15, -0.1) is 0 Å². The first-order valence-electron chi connectivity index (χ1n) is 7.12. The molecule has 5 nitrogen and oxygen atoms in total. The van der Waals surface area contributed by atoms with Gasteiger partial charge in [-0.1, -0.05) is 6.92 Å². The van der Waals surface area contributed by atoms with Crippen LogP contribution in [0.3, 0.4) is 0 Å². The van der Waals surface area contributed by atoms with Gasteiger partial charge in [0.05, 0.1) is 6.10 Å². The van der Waals surface area contributed by atoms with E-state index in [9.17, 15) is 5.11 Å². The highest BCUT2D eigenvalue weighted by atomic mass is 16.3. The minimum absolute atomic E-state index is 0.245. The van der Waals surface area contributed by atoms with Gasteiger partial charge in [-0.3, -0.25) is 0 Å². The smallest absolute Gasteiger partial charge is 0.134 e. The lowest BCUT2D eigenvalue weighted by Gasteiger charge is -2.19. The highest BCUT2D eigenvalue weighted by Crippen LogP contribution is 2.25. The first-order valence-corrected chi connectivity index (χ1v) is 7.12. The van der Waals surface area contributed by atoms with Gasteiger partial charge < -0.3 is 15.3 Å². The molecule has 5 heteroatoms. The summed E-state index contributed by atoms with van der Waals surface area (Å²) in [4.78, 5) is 11.1. The zero-order valence-corrected chi connectivity index (χ0v) is 12.1. The second kappa shape index (κ2) is 6.19. The Morgan fingerprint density at radius 2 is 2.32 bits per heavy atom. The van der Waals surface area contributed by atoms with Gasteiger partial charge in [0.1, 0.15) is 17.5 Å². The van der Waals surface area contributed by atoms with Gasteiger partial charge in [-0.05, 0) is 26.7 Å². The third-order valence-electron chi connectivity index (χ3n) is 3.61. The van der Waals surface area contributed by atoms with Crippen molar-refractivity contribution >= 4 is 11.6 Å². The molecular weight excluding hydrogens is 240 g/mol. The second-order valence-electron chi connectivity index (χ2n) is 5.32. The summed E-state index contributed by atoms with van der Waals surface area (Å²) in [6, 6.07) is 2.01. The minimum atomic E-state index is -0.245. The molecule has 0 radical (unpaired) electrons. The van der Waals surface area contributed by atoms with Gasteiger partial charge in [0.15, 0.2) is 0 Å². The number of hydrogen-bond donors (Lipinski definition) is 2. The quantitative estimate of drug-likeness (QED) is 0.849. The Morgan fingerprint density at radius 1 is 1.53 bits per heavy atom. The molecule has 1 aromatic heterocycles. The summed E-state index contributed by atoms with van der Waals surface area (Å²) in [5.41, 5.74) is 0. The molecule has 0 amide bonds. The van der Waals surface area contributed by atoms with Gasteiger partial charge in [0.25, 0.3) is 0 Å². The Morgan fingerprint density at radius 3 is 2.95 bits per heavy atom. The van der Waals surface area contributed by atoms with Crippen LogP contribution in [0, 0.1) is 12.8 Å². The average molecular weight is 264 g/mol. The third kappa shape index (κ3) is 3.56. The first-order chi connectivity index (χ1) is 9.10. The molecule has 2 N–H and O–H groups in total. The molecule has 1 aliphatic heterocycles. The summed E-state index contributed by atoms with van der Waals surface area (Å²) in [5, 5.41) is 13.0. The number of rotatable bonds is 5. The fraction of sp³-hybridized carbons (Fsp3) is 0.714. The zero-order chi connectivity index (χ0) is 13.8. The summed E-state index contributed by atoms with van der Waals surface area (Å²) in [6.45, 7) is 8.68. The molecule has 2 atom stereocenters. The molecule has 1 aliphatic rings. The molecular formula is C14H24N4O. The van der Waals surface area contributed by atoms with Crippen LogP contribution in [0.1, 0.15) is 32.5 Å². The van der Waals surface area contributed by atoms with E-state index in [2.05, 4.69) is 27.1 Å². The second-order valence-corrected chi connectivity index (χ2v) is 5.32. The van der Waals surface area contributed by atoms with Crippen LogP contribution in [0.15, 0.2) is 6.07 Å². The van der Waals surface area contributed by atoms with Crippen LogP contribution in [0.5, 0.6) is 0 Å². The van der Waals surface area contributed by atoms with E-state index in [1.54, 1.807) is 0 Å². The maximum atomic E-state index is 9.67. The molecule has 0 aliphatic carbocycles. The number of nitrogens with zero attached hydrogens (tertiary/aromatic N) is 3. The van der Waals surface area contributed by atoms with Crippen molar-refractivity contribution in [3.05, 3.63) is 11.9 Å². The van der Waals surface area contributed by atoms with E-state index < -0.39 is 0 Å². The standard InChI is InChI=1S/C14H24N4O/c1-4-6-15-13-8-14(17-11(3)16-13)18-7-5-12(9-18)10(2)19/h8,10,12,19H,4-7,9H2,1-3H3,(H,15,16,17). The molecule has 2 unspecified atom stereocenters. The predicted molar refractivity (Wildman–Crippen MR) is 77.6 cm³/mol. The lowest BCUT2D eigenvalue weighted by Crippen LogP contribution is -2.25. The fourth-order valence-electron chi connectivity index (χ4n) is 2.45. The van der Waals surface area contributed by atoms with Crippen molar-refractivity contribution in [3.63, 3.8) is 0 Å². The lowest BCUT2D eigenvalue weighted by atomic mass is 10.0. The number of aliphatic hydroxyl groups is 1. The van der Waals surface area contributed by atoms with Gasteiger partial charge in [0.2, 0.25) is 0 Å². The average Bonchev–Trinajstić information content (AvgIpc) is 2.85. The molecule has 2 rings (SSSR count). The predicted octanol–water partition coefficient (Wildman–Crippen LogP) is 1.81. The summed E-state index contributed by atoms with van der Waals surface area (Å²) >= 11 is 0. The van der Waals surface area contributed by atoms with Crippen molar-refractivity contribution in [2.24, 2.45) is 5.92 Å². The van der Waals surface area contributed by atoms with Crippen LogP contribution in [-0.2, 0) is 0 Å². The van der Waals surface area contributed by atoms with E-state index in [1.165, 1.54) is 0 Å². The highest BCUT2D eigenvalue weighted by molar-refractivity contribution is 5.50. The van der Waals surface area contributed by atoms with E-state index in [1.807, 2.05) is 19.9 Å². The molecule has 0 spiro atoms. The SMILES string of the molecule is CCCNc1cc(N2CCC(C(C)O)C2)nc(C)n1. The lowest BCUT2D eigenvalue weighted by molar-refractivity contribution is 0.136. The normalized spacial score (nSPS) is 20.6. The molecule has 19 heavy (non-hydrogen) atoms. The van der Waals surface area contributed by atoms with Crippen LogP contribution in [0.4, 0.5) is 11.6 Å². The molecule has 0 bridgehead atoms. The molecule has 2 heterocycles. The van der Waals surface area contributed by atoms with Crippen LogP contribution in [-0.4, -0.2) is 40.8 Å². The Bertz CT molecular complexity index is 422. The van der Waals surface area contributed by atoms with Crippen molar-refractivity contribution in [1.29, 1.82) is 0 Å². The maximum Gasteiger partial charge on any atom is 0.134 e. The van der Waals surface area contributed by atoms with Gasteiger partial charge in [-0.2, -0.15) is 0 Å². The van der Waals surface area contributed by atoms with Crippen molar-refractivity contribution in [1.82, 2.24) is 9.97 Å². The maximum absolute atomic E-state index is 9.67. The van der Waals surface area contributed by atoms with E-state index in [0.717, 1.165) is 49.9 Å². The van der Waals surface area contributed by atoms with E-state index in [-0.39, 0.29) is 6.10 Å². The molecule has 0 saturated carbocycles. The van der Waals surface area contributed by atoms with Gasteiger partial charge in [0, 0.05) is 31.6 Å². The summed E-state index contributed by atoms with van der Waals surface area (Å²) < 4.78 is 0. The van der Waals surface area contributed by atoms with Crippen molar-refractivity contribution in [2.45, 2.75) is 39.7 Å². The van der Waals surface area contributed by atoms with Crippen molar-refractivity contribution in [2.75, 3.05) is 29.9 Å². The Labute approximate surface area is 115 Å². The van der Waals surface area contributed by atoms with E-state index in [0.29, 0.717) is 5.92 Å². The number of aryl methyl sites for hydroxylation is 1. The molecule has 1 saturated heterocycles. The van der Waals surface area contributed by atoms with Crippen LogP contribution in [0.25, 0.3) is 0 Å². The number of aromatic nitrogens is 2. The fourth-order valence-corrected chi connectivity index (χ4v) is 2.45. The van der Waals surface area contributed by atoms with Gasteiger partial charge >= 0.3 is 0 Å². The third-order valence-corrected chi connectivity index (χ3v) is 3.61. The number of nitrogens with one attached hydrogen (secondary N) is 1. The summed E-state index contributed by atoms with van der Waals surface area (Å²) in [7, 11) is 0. The van der Waals surface area contributed by atoms with Crippen molar-refractivity contribution < 1.29 is 5.11 Å². The highest BCUT2D eigenvalue weighted by Gasteiger charge is 2.27. The van der Waals surface area contributed by atoms with E-state index >= 15 is 0 Å². The van der Waals surface area contributed by atoms with Crippen LogP contribution in [0.2, 0.25) is 0 Å². The van der Waals surface area contributed by atoms with E-state index in [4.69, 9.17) is 0 Å². The monoisotopic (exact) mass is 264 g/mol. The Hall–Kier alpha value is -1.36. The molecule has 1 fully saturated rings. The van der Waals surface area contributed by atoms with Crippen LogP contribution < -0.4 is 10.2 Å². The van der Waals surface area contributed by atoms with Crippen LogP contribution >= 0.6 is 0 Å². The minimum Gasteiger partial charge on any atom is -0.393 e. The molecule has 0 aromatic carbocycles. The number of aliphatic hydroxyl groups excluding tert-OH is 1. The Balaban J connectivity index is 2.09. The van der Waals surface area contributed by atoms with Gasteiger partial charge in [-0.25, -0.2) is 9.97 Å². The van der Waals surface area contributed by atoms with Crippen molar-refractivity contribution in [3.8, 4) is 0 Å². The summed E-state index contributed by atoms with van der Waals surface area (Å²) in [6.07, 6.45) is 1.86. The summed E-state index contributed by atoms with van der Waals surface area (Å²) in [5.74, 6) is 3.00. The first kappa shape index (κ1) is 14.1. The molecule has 106 valence electrons. The molecule has 1 aromatic rings. The largest absolute Gasteiger partial charge is 0.393 e. The Kier molecular flexibility index (Phi) is 4.58. The number of hydrogen-bond acceptors (Lipinski definition) is 5. The number of anilines is 2. The zero-order valence-electron chi connectivity index (χ0n) is 12.1.